The van der Waals surface area contributed by atoms with E-state index in [0.29, 0.717) is 0 Å². The summed E-state index contributed by atoms with van der Waals surface area (Å²) in [5, 5.41) is 7.36. The smallest absolute Gasteiger partial charge is 0.271 e. The molecule has 3 aromatic rings. The van der Waals surface area contributed by atoms with Gasteiger partial charge in [-0.1, -0.05) is 11.6 Å². The Kier molecular flexibility index (Phi) is 6.59. The highest BCUT2D eigenvalue weighted by atomic mass is 35.5. The number of halogens is 2. The first-order valence-electron chi connectivity index (χ1n) is 9.70. The third kappa shape index (κ3) is 5.46. The molecule has 2 aromatic heterocycles. The number of nitrogens with one attached hydrogen (secondary N) is 3. The highest BCUT2D eigenvalue weighted by Crippen LogP contribution is 2.20. The maximum absolute atomic E-state index is 13.3. The van der Waals surface area contributed by atoms with Gasteiger partial charge < -0.3 is 10.3 Å². The molecule has 11 heteroatoms. The standard InChI is InChI=1S/C20H20ClFN6O2S/c21-15-7-12(1-2-16(15)22)18(29)27-20-26-17(10-31-20)19(30)25-13-3-5-28(6-4-13)9-14-8-23-11-24-14/h1-2,7-8,10-11,13H,3-6,9H2,(H,23,24)(H,25,30)(H,26,27,29). The van der Waals surface area contributed by atoms with E-state index >= 15 is 0 Å². The van der Waals surface area contributed by atoms with Gasteiger partial charge in [0, 0.05) is 48.5 Å². The Morgan fingerprint density at radius 2 is 2.10 bits per heavy atom. The molecule has 0 aliphatic carbocycles. The Labute approximate surface area is 186 Å². The van der Waals surface area contributed by atoms with Gasteiger partial charge in [-0.3, -0.25) is 19.8 Å². The average molecular weight is 463 g/mol. The van der Waals surface area contributed by atoms with Crippen LogP contribution >= 0.6 is 22.9 Å². The minimum absolute atomic E-state index is 0.0756. The van der Waals surface area contributed by atoms with Crippen molar-refractivity contribution in [2.45, 2.75) is 25.4 Å². The van der Waals surface area contributed by atoms with Crippen molar-refractivity contribution in [1.29, 1.82) is 0 Å². The number of likely N-dealkylation sites (tertiary alicyclic amines) is 1. The van der Waals surface area contributed by atoms with Gasteiger partial charge in [0.1, 0.15) is 11.5 Å². The van der Waals surface area contributed by atoms with E-state index in [0.717, 1.165) is 55.6 Å². The fraction of sp³-hybridized carbons (Fsp3) is 0.300. The number of thiazole rings is 1. The number of anilines is 1. The normalized spacial score (nSPS) is 15.0. The summed E-state index contributed by atoms with van der Waals surface area (Å²) in [5.41, 5.74) is 1.52. The molecule has 0 saturated carbocycles. The largest absolute Gasteiger partial charge is 0.348 e. The zero-order valence-corrected chi connectivity index (χ0v) is 18.0. The number of rotatable bonds is 6. The SMILES string of the molecule is O=C(Nc1nc(C(=O)NC2CCN(Cc3cnc[nH]3)CC2)cs1)c1ccc(F)c(Cl)c1. The van der Waals surface area contributed by atoms with E-state index in [9.17, 15) is 14.0 Å². The van der Waals surface area contributed by atoms with Crippen LogP contribution in [0.15, 0.2) is 36.1 Å². The second-order valence-electron chi connectivity index (χ2n) is 7.22. The summed E-state index contributed by atoms with van der Waals surface area (Å²) in [6.45, 7) is 2.57. The Morgan fingerprint density at radius 1 is 1.29 bits per heavy atom. The number of amides is 2. The van der Waals surface area contributed by atoms with Gasteiger partial charge in [-0.25, -0.2) is 14.4 Å². The molecule has 1 aromatic carbocycles. The maximum atomic E-state index is 13.3. The lowest BCUT2D eigenvalue weighted by Crippen LogP contribution is -2.44. The number of carbonyl (C=O) groups excluding carboxylic acids is 2. The van der Waals surface area contributed by atoms with Crippen molar-refractivity contribution >= 4 is 39.9 Å². The first-order chi connectivity index (χ1) is 15.0. The highest BCUT2D eigenvalue weighted by molar-refractivity contribution is 7.14. The lowest BCUT2D eigenvalue weighted by molar-refractivity contribution is 0.0903. The lowest BCUT2D eigenvalue weighted by Gasteiger charge is -2.31. The predicted octanol–water partition coefficient (Wildman–Crippen LogP) is 3.31. The van der Waals surface area contributed by atoms with Gasteiger partial charge in [0.25, 0.3) is 11.8 Å². The molecule has 8 nitrogen and oxygen atoms in total. The number of H-pyrrole nitrogens is 1. The van der Waals surface area contributed by atoms with Crippen LogP contribution in [0.3, 0.4) is 0 Å². The number of carbonyl (C=O) groups is 2. The topological polar surface area (TPSA) is 103 Å². The second kappa shape index (κ2) is 9.54. The van der Waals surface area contributed by atoms with E-state index in [-0.39, 0.29) is 33.4 Å². The van der Waals surface area contributed by atoms with Gasteiger partial charge in [0.15, 0.2) is 5.13 Å². The molecule has 0 unspecified atom stereocenters. The number of imidazole rings is 1. The number of hydrogen-bond donors (Lipinski definition) is 3. The molecule has 162 valence electrons. The molecule has 2 amide bonds. The molecule has 3 heterocycles. The van der Waals surface area contributed by atoms with Gasteiger partial charge in [-0.05, 0) is 31.0 Å². The Balaban J connectivity index is 1.27. The highest BCUT2D eigenvalue weighted by Gasteiger charge is 2.22. The molecule has 0 bridgehead atoms. The van der Waals surface area contributed by atoms with E-state index in [4.69, 9.17) is 11.6 Å². The molecule has 1 saturated heterocycles. The van der Waals surface area contributed by atoms with Crippen LogP contribution in [0.4, 0.5) is 9.52 Å². The van der Waals surface area contributed by atoms with Crippen molar-refractivity contribution in [1.82, 2.24) is 25.2 Å². The van der Waals surface area contributed by atoms with Gasteiger partial charge in [-0.2, -0.15) is 0 Å². The summed E-state index contributed by atoms with van der Waals surface area (Å²) in [6.07, 6.45) is 5.18. The Hall–Kier alpha value is -2.82. The fourth-order valence-corrected chi connectivity index (χ4v) is 4.22. The molecule has 0 radical (unpaired) electrons. The van der Waals surface area contributed by atoms with E-state index in [1.54, 1.807) is 11.7 Å². The van der Waals surface area contributed by atoms with Crippen molar-refractivity contribution < 1.29 is 14.0 Å². The fourth-order valence-electron chi connectivity index (χ4n) is 3.35. The molecule has 31 heavy (non-hydrogen) atoms. The van der Waals surface area contributed by atoms with Gasteiger partial charge >= 0.3 is 0 Å². The molecule has 0 spiro atoms. The lowest BCUT2D eigenvalue weighted by atomic mass is 10.0. The van der Waals surface area contributed by atoms with Crippen molar-refractivity contribution in [3.05, 3.63) is 63.9 Å². The quantitative estimate of drug-likeness (QED) is 0.521. The summed E-state index contributed by atoms with van der Waals surface area (Å²) in [5.74, 6) is -1.35. The average Bonchev–Trinajstić information content (AvgIpc) is 3.44. The van der Waals surface area contributed by atoms with E-state index < -0.39 is 11.7 Å². The molecule has 1 aliphatic heterocycles. The molecule has 4 rings (SSSR count). The zero-order chi connectivity index (χ0) is 21.8. The Bertz CT molecular complexity index is 1070. The third-order valence-corrected chi connectivity index (χ3v) is 6.06. The summed E-state index contributed by atoms with van der Waals surface area (Å²) < 4.78 is 13.3. The maximum Gasteiger partial charge on any atom is 0.271 e. The Morgan fingerprint density at radius 3 is 2.81 bits per heavy atom. The number of aromatic amines is 1. The van der Waals surface area contributed by atoms with Crippen molar-refractivity contribution in [3.8, 4) is 0 Å². The molecular weight excluding hydrogens is 443 g/mol. The van der Waals surface area contributed by atoms with Crippen LogP contribution in [0.1, 0.15) is 39.4 Å². The molecule has 1 fully saturated rings. The zero-order valence-electron chi connectivity index (χ0n) is 16.4. The van der Waals surface area contributed by atoms with Crippen LogP contribution in [0.5, 0.6) is 0 Å². The van der Waals surface area contributed by atoms with Crippen LogP contribution < -0.4 is 10.6 Å². The number of benzene rings is 1. The van der Waals surface area contributed by atoms with Crippen LogP contribution in [-0.4, -0.2) is 50.8 Å². The van der Waals surface area contributed by atoms with E-state index in [1.165, 1.54) is 12.1 Å². The third-order valence-electron chi connectivity index (χ3n) is 5.01. The molecule has 3 N–H and O–H groups in total. The van der Waals surface area contributed by atoms with Crippen LogP contribution in [0.2, 0.25) is 5.02 Å². The minimum atomic E-state index is -0.599. The van der Waals surface area contributed by atoms with Crippen molar-refractivity contribution in [3.63, 3.8) is 0 Å². The van der Waals surface area contributed by atoms with E-state index in [2.05, 4.69) is 30.5 Å². The predicted molar refractivity (Wildman–Crippen MR) is 116 cm³/mol. The number of nitrogens with zero attached hydrogens (tertiary/aromatic N) is 3. The molecular formula is C20H20ClFN6O2S. The van der Waals surface area contributed by atoms with Gasteiger partial charge in [0.05, 0.1) is 11.3 Å². The van der Waals surface area contributed by atoms with Crippen molar-refractivity contribution in [2.75, 3.05) is 18.4 Å². The molecule has 1 aliphatic rings. The first-order valence-corrected chi connectivity index (χ1v) is 11.0. The monoisotopic (exact) mass is 462 g/mol. The summed E-state index contributed by atoms with van der Waals surface area (Å²) in [6, 6.07) is 3.77. The minimum Gasteiger partial charge on any atom is -0.348 e. The number of piperidine rings is 1. The summed E-state index contributed by atoms with van der Waals surface area (Å²) in [4.78, 5) is 38.4. The summed E-state index contributed by atoms with van der Waals surface area (Å²) in [7, 11) is 0. The van der Waals surface area contributed by atoms with Gasteiger partial charge in [-0.15, -0.1) is 11.3 Å². The van der Waals surface area contributed by atoms with Crippen LogP contribution in [0, 0.1) is 5.82 Å². The number of aromatic nitrogens is 3. The van der Waals surface area contributed by atoms with Crippen LogP contribution in [-0.2, 0) is 6.54 Å². The van der Waals surface area contributed by atoms with Crippen LogP contribution in [0.25, 0.3) is 0 Å². The van der Waals surface area contributed by atoms with E-state index in [1.807, 2.05) is 6.20 Å². The second-order valence-corrected chi connectivity index (χ2v) is 8.49. The van der Waals surface area contributed by atoms with Gasteiger partial charge in [0.2, 0.25) is 0 Å². The summed E-state index contributed by atoms with van der Waals surface area (Å²) >= 11 is 6.86. The molecule has 0 atom stereocenters. The first kappa shape index (κ1) is 21.4. The number of hydrogen-bond acceptors (Lipinski definition) is 6. The van der Waals surface area contributed by atoms with Crippen molar-refractivity contribution in [2.24, 2.45) is 0 Å².